The summed E-state index contributed by atoms with van der Waals surface area (Å²) in [5.74, 6) is 5.20. The van der Waals surface area contributed by atoms with Crippen LogP contribution in [0.5, 0.6) is 69.0 Å². The van der Waals surface area contributed by atoms with Gasteiger partial charge in [-0.1, -0.05) is 0 Å². The average Bonchev–Trinajstić information content (AvgIpc) is 4.12. The Labute approximate surface area is 329 Å². The molecule has 0 aliphatic carbocycles. The zero-order chi connectivity index (χ0) is 38.6. The third-order valence-corrected chi connectivity index (χ3v) is 17.0. The zero-order valence-electron chi connectivity index (χ0n) is 30.1. The van der Waals surface area contributed by atoms with E-state index in [0.717, 1.165) is 0 Å². The molecule has 0 radical (unpaired) electrons. The highest BCUT2D eigenvalue weighted by Gasteiger charge is 2.44. The molecule has 0 fully saturated rings. The molecule has 0 unspecified atom stereocenters. The van der Waals surface area contributed by atoms with Crippen LogP contribution in [0.3, 0.4) is 0 Å². The third kappa shape index (κ3) is 4.79. The predicted octanol–water partition coefficient (Wildman–Crippen LogP) is 5.00. The van der Waals surface area contributed by atoms with Crippen LogP contribution in [0, 0.1) is 0 Å². The Morgan fingerprint density at radius 2 is 0.552 bits per heavy atom. The average molecular weight is 819 g/mol. The van der Waals surface area contributed by atoms with E-state index in [-0.39, 0.29) is 52.3 Å². The van der Waals surface area contributed by atoms with Gasteiger partial charge < -0.3 is 66.0 Å². The van der Waals surface area contributed by atoms with Crippen LogP contribution in [0.4, 0.5) is 0 Å². The van der Waals surface area contributed by atoms with E-state index in [1.54, 1.807) is 97.1 Å². The van der Waals surface area contributed by atoms with Gasteiger partial charge in [-0.05, 0) is 97.1 Å². The van der Waals surface area contributed by atoms with Crippen molar-refractivity contribution in [1.29, 1.82) is 0 Å². The fraction of sp³-hybridized carbons (Fsp3) is 0.143. The SMILES string of the molecule is O=P(c1ccc2c(c1)OCO2)(c1ccc2c(c1)OCO2)c1ccc2c(c1-c1c(P(=O)(c3ccc4c(c3)OCO4)c3ccc4c(c3)OCO4)ccc3c1OCO3)OCO2. The lowest BCUT2D eigenvalue weighted by Gasteiger charge is -2.28. The maximum Gasteiger partial charge on any atom is 0.231 e. The lowest BCUT2D eigenvalue weighted by atomic mass is 10.0. The fourth-order valence-corrected chi connectivity index (χ4v) is 13.8. The van der Waals surface area contributed by atoms with E-state index in [2.05, 4.69) is 0 Å². The lowest BCUT2D eigenvalue weighted by Crippen LogP contribution is -2.30. The predicted molar refractivity (Wildman–Crippen MR) is 207 cm³/mol. The van der Waals surface area contributed by atoms with Gasteiger partial charge in [-0.3, -0.25) is 0 Å². The number of ether oxygens (including phenoxy) is 12. The van der Waals surface area contributed by atoms with Gasteiger partial charge in [0.25, 0.3) is 0 Å². The molecule has 58 heavy (non-hydrogen) atoms. The molecule has 0 saturated heterocycles. The molecule has 6 aliphatic heterocycles. The zero-order valence-corrected chi connectivity index (χ0v) is 31.9. The van der Waals surface area contributed by atoms with E-state index in [0.29, 0.717) is 100 Å². The van der Waals surface area contributed by atoms with Crippen molar-refractivity contribution in [2.45, 2.75) is 0 Å². The van der Waals surface area contributed by atoms with E-state index in [9.17, 15) is 0 Å². The van der Waals surface area contributed by atoms with E-state index >= 15 is 9.13 Å². The molecule has 0 aromatic heterocycles. The van der Waals surface area contributed by atoms with Gasteiger partial charge in [-0.25, -0.2) is 0 Å². The molecule has 290 valence electrons. The molecule has 0 atom stereocenters. The Hall–Kier alpha value is -6.62. The molecule has 0 bridgehead atoms. The first-order chi connectivity index (χ1) is 28.5. The van der Waals surface area contributed by atoms with Gasteiger partial charge in [-0.15, -0.1) is 0 Å². The summed E-state index contributed by atoms with van der Waals surface area (Å²) in [7, 11) is -8.01. The molecule has 6 aliphatic rings. The van der Waals surface area contributed by atoms with Crippen molar-refractivity contribution in [3.63, 3.8) is 0 Å². The number of rotatable bonds is 7. The van der Waals surface area contributed by atoms with Gasteiger partial charge in [0, 0.05) is 43.0 Å². The molecular formula is C42H28O14P2. The van der Waals surface area contributed by atoms with Crippen LogP contribution in [0.1, 0.15) is 0 Å². The minimum absolute atomic E-state index is 0.0221. The highest BCUT2D eigenvalue weighted by molar-refractivity contribution is 7.86. The van der Waals surface area contributed by atoms with Crippen LogP contribution >= 0.6 is 14.3 Å². The highest BCUT2D eigenvalue weighted by Crippen LogP contribution is 2.58. The molecule has 6 aromatic carbocycles. The smallest absolute Gasteiger partial charge is 0.231 e. The van der Waals surface area contributed by atoms with Crippen LogP contribution < -0.4 is 88.7 Å². The summed E-state index contributed by atoms with van der Waals surface area (Å²) in [5, 5.41) is 2.38. The maximum absolute atomic E-state index is 16.8. The van der Waals surface area contributed by atoms with Gasteiger partial charge in [0.1, 0.15) is 0 Å². The fourth-order valence-electron chi connectivity index (χ4n) is 8.11. The van der Waals surface area contributed by atoms with Crippen LogP contribution in [-0.4, -0.2) is 40.8 Å². The van der Waals surface area contributed by atoms with Crippen molar-refractivity contribution >= 4 is 46.1 Å². The van der Waals surface area contributed by atoms with Crippen LogP contribution in [-0.2, 0) is 9.13 Å². The molecule has 0 saturated carbocycles. The second-order valence-corrected chi connectivity index (χ2v) is 19.2. The van der Waals surface area contributed by atoms with Crippen LogP contribution in [0.15, 0.2) is 97.1 Å². The molecule has 0 N–H and O–H groups in total. The quantitative estimate of drug-likeness (QED) is 0.199. The minimum Gasteiger partial charge on any atom is -0.454 e. The summed E-state index contributed by atoms with van der Waals surface area (Å²) in [4.78, 5) is 0. The molecule has 12 rings (SSSR count). The minimum atomic E-state index is -4.00. The van der Waals surface area contributed by atoms with E-state index in [4.69, 9.17) is 56.8 Å². The molecule has 16 heteroatoms. The summed E-state index contributed by atoms with van der Waals surface area (Å²) < 4.78 is 104. The maximum atomic E-state index is 16.8. The van der Waals surface area contributed by atoms with Crippen molar-refractivity contribution in [3.05, 3.63) is 97.1 Å². The van der Waals surface area contributed by atoms with Crippen molar-refractivity contribution < 1.29 is 66.0 Å². The molecule has 6 aromatic rings. The molecule has 6 heterocycles. The van der Waals surface area contributed by atoms with E-state index in [1.807, 2.05) is 0 Å². The van der Waals surface area contributed by atoms with Gasteiger partial charge in [-0.2, -0.15) is 0 Å². The van der Waals surface area contributed by atoms with Crippen LogP contribution in [0.25, 0.3) is 11.1 Å². The van der Waals surface area contributed by atoms with Crippen molar-refractivity contribution in [1.82, 2.24) is 0 Å². The molecular weight excluding hydrogens is 790 g/mol. The number of benzene rings is 6. The number of fused-ring (bicyclic) bond motifs is 6. The summed E-state index contributed by atoms with van der Waals surface area (Å²) in [6.07, 6.45) is 0. The van der Waals surface area contributed by atoms with Gasteiger partial charge >= 0.3 is 0 Å². The molecule has 0 spiro atoms. The van der Waals surface area contributed by atoms with E-state index < -0.39 is 14.3 Å². The van der Waals surface area contributed by atoms with Crippen molar-refractivity contribution in [3.8, 4) is 80.1 Å². The second kappa shape index (κ2) is 12.4. The van der Waals surface area contributed by atoms with Gasteiger partial charge in [0.15, 0.2) is 83.3 Å². The normalized spacial score (nSPS) is 15.9. The Kier molecular flexibility index (Phi) is 7.19. The standard InChI is InChI=1S/C42H28O14P2/c43-57(23-1-5-27-33(13-23)51-17-45-27,24-2-6-28-34(14-24)52-18-46-28)37-11-9-31-41(55-21-49-31)39(37)40-38(12-10-32-42(40)56-22-50-32)58(44,25-3-7-29-35(15-25)53-19-47-29)26-4-8-30-36(16-26)54-20-48-30/h1-16H,17-22H2. The number of hydrogen-bond donors (Lipinski definition) is 0. The Morgan fingerprint density at radius 3 is 0.879 bits per heavy atom. The largest absolute Gasteiger partial charge is 0.454 e. The Bertz CT molecular complexity index is 2540. The van der Waals surface area contributed by atoms with Crippen molar-refractivity contribution in [2.75, 3.05) is 40.8 Å². The number of hydrogen-bond acceptors (Lipinski definition) is 14. The second-order valence-electron chi connectivity index (χ2n) is 13.8. The summed E-state index contributed by atoms with van der Waals surface area (Å²) in [6.45, 7) is -0.146. The Morgan fingerprint density at radius 1 is 0.293 bits per heavy atom. The molecule has 0 amide bonds. The topological polar surface area (TPSA) is 145 Å². The lowest BCUT2D eigenvalue weighted by molar-refractivity contribution is 0.173. The highest BCUT2D eigenvalue weighted by atomic mass is 31.2. The van der Waals surface area contributed by atoms with Gasteiger partial charge in [0.2, 0.25) is 40.8 Å². The summed E-state index contributed by atoms with van der Waals surface area (Å²) in [5.41, 5.74) is 0.681. The molecule has 14 nitrogen and oxygen atoms in total. The van der Waals surface area contributed by atoms with E-state index in [1.165, 1.54) is 0 Å². The van der Waals surface area contributed by atoms with Crippen molar-refractivity contribution in [2.24, 2.45) is 0 Å². The summed E-state index contributed by atoms with van der Waals surface area (Å²) >= 11 is 0. The first kappa shape index (κ1) is 33.5. The first-order valence-electron chi connectivity index (χ1n) is 18.1. The van der Waals surface area contributed by atoms with Gasteiger partial charge in [0.05, 0.1) is 0 Å². The Balaban J connectivity index is 1.18. The monoisotopic (exact) mass is 818 g/mol. The van der Waals surface area contributed by atoms with Crippen LogP contribution in [0.2, 0.25) is 0 Å². The third-order valence-electron chi connectivity index (χ3n) is 10.8. The first-order valence-corrected chi connectivity index (χ1v) is 21.6. The summed E-state index contributed by atoms with van der Waals surface area (Å²) in [6, 6.07) is 27.8.